The van der Waals surface area contributed by atoms with Crippen molar-refractivity contribution in [3.8, 4) is 0 Å². The summed E-state index contributed by atoms with van der Waals surface area (Å²) in [5.74, 6) is 0. The number of urea groups is 1. The summed E-state index contributed by atoms with van der Waals surface area (Å²) in [5, 5.41) is 3.00. The van der Waals surface area contributed by atoms with Gasteiger partial charge in [0.2, 0.25) is 0 Å². The number of benzene rings is 1. The number of likely N-dealkylation sites (tertiary alicyclic amines) is 1. The van der Waals surface area contributed by atoms with E-state index in [1.165, 1.54) is 44.9 Å². The minimum Gasteiger partial charge on any atom is -0.326 e. The first-order chi connectivity index (χ1) is 10.7. The monoisotopic (exact) mass is 301 g/mol. The summed E-state index contributed by atoms with van der Waals surface area (Å²) in [6, 6.07) is 7.80. The molecule has 1 aromatic carbocycles. The van der Waals surface area contributed by atoms with Crippen LogP contribution in [0.3, 0.4) is 0 Å². The number of carbonyl (C=O) groups excluding carboxylic acids is 1. The maximum Gasteiger partial charge on any atom is 0.321 e. The lowest BCUT2D eigenvalue weighted by Gasteiger charge is -2.44. The van der Waals surface area contributed by atoms with Crippen LogP contribution in [-0.2, 0) is 6.54 Å². The molecule has 0 unspecified atom stereocenters. The number of carbonyl (C=O) groups is 1. The summed E-state index contributed by atoms with van der Waals surface area (Å²) in [6.45, 7) is 2.32. The van der Waals surface area contributed by atoms with Gasteiger partial charge < -0.3 is 16.0 Å². The zero-order valence-corrected chi connectivity index (χ0v) is 13.3. The van der Waals surface area contributed by atoms with Crippen LogP contribution in [0.5, 0.6) is 0 Å². The Labute approximate surface area is 133 Å². The summed E-state index contributed by atoms with van der Waals surface area (Å²) >= 11 is 0. The molecule has 22 heavy (non-hydrogen) atoms. The Balaban J connectivity index is 1.53. The first kappa shape index (κ1) is 15.3. The van der Waals surface area contributed by atoms with Crippen molar-refractivity contribution >= 4 is 11.7 Å². The van der Waals surface area contributed by atoms with Crippen LogP contribution in [-0.4, -0.2) is 24.0 Å². The first-order valence-electron chi connectivity index (χ1n) is 8.56. The standard InChI is InChI=1S/C18H27N3O/c19-14-15-4-6-16(7-5-15)20-17(22)21-12-10-18(11-13-21)8-2-1-3-9-18/h4-7H,1-3,8-14,19H2,(H,20,22). The van der Waals surface area contributed by atoms with Gasteiger partial charge in [-0.05, 0) is 48.8 Å². The molecule has 0 aromatic heterocycles. The summed E-state index contributed by atoms with van der Waals surface area (Å²) in [4.78, 5) is 14.4. The Bertz CT molecular complexity index is 496. The molecule has 2 aliphatic rings. The Kier molecular flexibility index (Phi) is 4.67. The highest BCUT2D eigenvalue weighted by atomic mass is 16.2. The Morgan fingerprint density at radius 2 is 1.68 bits per heavy atom. The number of nitrogens with one attached hydrogen (secondary N) is 1. The average Bonchev–Trinajstić information content (AvgIpc) is 2.57. The topological polar surface area (TPSA) is 58.4 Å². The molecule has 1 aliphatic carbocycles. The number of hydrogen-bond donors (Lipinski definition) is 2. The molecule has 1 aliphatic heterocycles. The van der Waals surface area contributed by atoms with Crippen LogP contribution in [0, 0.1) is 5.41 Å². The third kappa shape index (κ3) is 3.43. The van der Waals surface area contributed by atoms with Crippen molar-refractivity contribution in [3.05, 3.63) is 29.8 Å². The summed E-state index contributed by atoms with van der Waals surface area (Å²) in [6.07, 6.45) is 9.22. The average molecular weight is 301 g/mol. The van der Waals surface area contributed by atoms with Crippen molar-refractivity contribution in [1.29, 1.82) is 0 Å². The zero-order chi connectivity index (χ0) is 15.4. The maximum absolute atomic E-state index is 12.4. The Hall–Kier alpha value is -1.55. The molecule has 1 spiro atoms. The van der Waals surface area contributed by atoms with Gasteiger partial charge in [0.25, 0.3) is 0 Å². The van der Waals surface area contributed by atoms with E-state index >= 15 is 0 Å². The number of nitrogens with zero attached hydrogens (tertiary/aromatic N) is 1. The number of anilines is 1. The number of hydrogen-bond acceptors (Lipinski definition) is 2. The van der Waals surface area contributed by atoms with Crippen LogP contribution in [0.1, 0.15) is 50.5 Å². The van der Waals surface area contributed by atoms with E-state index in [0.717, 1.165) is 24.3 Å². The van der Waals surface area contributed by atoms with E-state index in [0.29, 0.717) is 12.0 Å². The maximum atomic E-state index is 12.4. The molecule has 120 valence electrons. The van der Waals surface area contributed by atoms with Crippen molar-refractivity contribution in [1.82, 2.24) is 4.90 Å². The third-order valence-corrected chi connectivity index (χ3v) is 5.47. The molecule has 0 radical (unpaired) electrons. The second kappa shape index (κ2) is 6.69. The Morgan fingerprint density at radius 3 is 2.27 bits per heavy atom. The van der Waals surface area contributed by atoms with E-state index in [1.54, 1.807) is 0 Å². The molecule has 2 amide bonds. The smallest absolute Gasteiger partial charge is 0.321 e. The lowest BCUT2D eigenvalue weighted by molar-refractivity contribution is 0.0849. The van der Waals surface area contributed by atoms with Crippen LogP contribution in [0.15, 0.2) is 24.3 Å². The van der Waals surface area contributed by atoms with Gasteiger partial charge in [0.1, 0.15) is 0 Å². The highest BCUT2D eigenvalue weighted by Gasteiger charge is 2.36. The third-order valence-electron chi connectivity index (χ3n) is 5.47. The molecule has 1 aromatic rings. The molecule has 0 bridgehead atoms. The fraction of sp³-hybridized carbons (Fsp3) is 0.611. The molecule has 2 fully saturated rings. The molecule has 3 N–H and O–H groups in total. The molecule has 0 atom stereocenters. The van der Waals surface area contributed by atoms with Gasteiger partial charge in [-0.2, -0.15) is 0 Å². The molecule has 4 nitrogen and oxygen atoms in total. The van der Waals surface area contributed by atoms with Crippen molar-refractivity contribution < 1.29 is 4.79 Å². The van der Waals surface area contributed by atoms with Crippen LogP contribution >= 0.6 is 0 Å². The van der Waals surface area contributed by atoms with Gasteiger partial charge in [-0.1, -0.05) is 31.4 Å². The van der Waals surface area contributed by atoms with Crippen molar-refractivity contribution in [2.75, 3.05) is 18.4 Å². The van der Waals surface area contributed by atoms with E-state index in [1.807, 2.05) is 29.2 Å². The van der Waals surface area contributed by atoms with Crippen LogP contribution in [0.2, 0.25) is 0 Å². The van der Waals surface area contributed by atoms with Gasteiger partial charge in [0, 0.05) is 25.3 Å². The minimum atomic E-state index is 0.0335. The highest BCUT2D eigenvalue weighted by molar-refractivity contribution is 5.89. The first-order valence-corrected chi connectivity index (χ1v) is 8.56. The molecule has 1 saturated heterocycles. The van der Waals surface area contributed by atoms with E-state index in [4.69, 9.17) is 5.73 Å². The quantitative estimate of drug-likeness (QED) is 0.874. The van der Waals surface area contributed by atoms with Crippen molar-refractivity contribution in [2.24, 2.45) is 11.1 Å². The van der Waals surface area contributed by atoms with E-state index in [9.17, 15) is 4.79 Å². The van der Waals surface area contributed by atoms with E-state index in [-0.39, 0.29) is 6.03 Å². The summed E-state index contributed by atoms with van der Waals surface area (Å²) in [7, 11) is 0. The molecular weight excluding hydrogens is 274 g/mol. The molecule has 3 rings (SSSR count). The van der Waals surface area contributed by atoms with Gasteiger partial charge in [0.05, 0.1) is 0 Å². The molecule has 1 heterocycles. The number of amides is 2. The predicted octanol–water partition coefficient (Wildman–Crippen LogP) is 3.72. The van der Waals surface area contributed by atoms with Gasteiger partial charge in [-0.25, -0.2) is 4.79 Å². The van der Waals surface area contributed by atoms with Crippen LogP contribution in [0.4, 0.5) is 10.5 Å². The van der Waals surface area contributed by atoms with Gasteiger partial charge in [-0.3, -0.25) is 0 Å². The summed E-state index contributed by atoms with van der Waals surface area (Å²) in [5.41, 5.74) is 8.06. The molecular formula is C18H27N3O. The van der Waals surface area contributed by atoms with E-state index in [2.05, 4.69) is 5.32 Å². The van der Waals surface area contributed by atoms with Crippen LogP contribution in [0.25, 0.3) is 0 Å². The largest absolute Gasteiger partial charge is 0.326 e. The molecule has 4 heteroatoms. The highest BCUT2D eigenvalue weighted by Crippen LogP contribution is 2.44. The number of piperidine rings is 1. The normalized spacial score (nSPS) is 20.9. The SMILES string of the molecule is NCc1ccc(NC(=O)N2CCC3(CCCCC3)CC2)cc1. The fourth-order valence-corrected chi connectivity index (χ4v) is 3.91. The van der Waals surface area contributed by atoms with Crippen molar-refractivity contribution in [3.63, 3.8) is 0 Å². The minimum absolute atomic E-state index is 0.0335. The summed E-state index contributed by atoms with van der Waals surface area (Å²) < 4.78 is 0. The second-order valence-electron chi connectivity index (χ2n) is 6.88. The van der Waals surface area contributed by atoms with Crippen molar-refractivity contribution in [2.45, 2.75) is 51.5 Å². The lowest BCUT2D eigenvalue weighted by atomic mass is 9.68. The van der Waals surface area contributed by atoms with Gasteiger partial charge in [-0.15, -0.1) is 0 Å². The van der Waals surface area contributed by atoms with Gasteiger partial charge in [0.15, 0.2) is 0 Å². The number of rotatable bonds is 2. The zero-order valence-electron chi connectivity index (χ0n) is 13.3. The predicted molar refractivity (Wildman–Crippen MR) is 89.7 cm³/mol. The number of nitrogens with two attached hydrogens (primary N) is 1. The van der Waals surface area contributed by atoms with E-state index < -0.39 is 0 Å². The van der Waals surface area contributed by atoms with Gasteiger partial charge >= 0.3 is 6.03 Å². The lowest BCUT2D eigenvalue weighted by Crippen LogP contribution is -2.45. The second-order valence-corrected chi connectivity index (χ2v) is 6.88. The Morgan fingerprint density at radius 1 is 1.05 bits per heavy atom. The van der Waals surface area contributed by atoms with Crippen LogP contribution < -0.4 is 11.1 Å². The molecule has 1 saturated carbocycles. The fourth-order valence-electron chi connectivity index (χ4n) is 3.91.